The van der Waals surface area contributed by atoms with Gasteiger partial charge in [-0.1, -0.05) is 0 Å². The van der Waals surface area contributed by atoms with E-state index in [1.807, 2.05) is 19.1 Å². The molecule has 0 radical (unpaired) electrons. The van der Waals surface area contributed by atoms with E-state index >= 15 is 0 Å². The van der Waals surface area contributed by atoms with E-state index in [4.69, 9.17) is 4.74 Å². The molecule has 0 fully saturated rings. The smallest absolute Gasteiger partial charge is 0.279 e. The molecule has 0 saturated heterocycles. The highest BCUT2D eigenvalue weighted by molar-refractivity contribution is 7.14. The van der Waals surface area contributed by atoms with Crippen molar-refractivity contribution in [1.29, 1.82) is 0 Å². The summed E-state index contributed by atoms with van der Waals surface area (Å²) in [6.07, 6.45) is 0. The van der Waals surface area contributed by atoms with Gasteiger partial charge in [-0.15, -0.1) is 11.3 Å². The Morgan fingerprint density at radius 1 is 1.13 bits per heavy atom. The van der Waals surface area contributed by atoms with Gasteiger partial charge in [0.2, 0.25) is 0 Å². The number of anilines is 1. The molecule has 154 valence electrons. The van der Waals surface area contributed by atoms with Crippen LogP contribution in [0.25, 0.3) is 11.3 Å². The molecule has 0 saturated carbocycles. The SMILES string of the molecule is CCOc1ccc(-c2csc(NC(=O)c3cc([N+](=O)[O-])c(C)c([N+](=O)[O-])c3)n2)cc1. The Morgan fingerprint density at radius 3 is 2.27 bits per heavy atom. The zero-order valence-corrected chi connectivity index (χ0v) is 16.8. The van der Waals surface area contributed by atoms with Crippen LogP contribution >= 0.6 is 11.3 Å². The van der Waals surface area contributed by atoms with Crippen molar-refractivity contribution in [2.75, 3.05) is 11.9 Å². The number of carbonyl (C=O) groups excluding carboxylic acids is 1. The summed E-state index contributed by atoms with van der Waals surface area (Å²) >= 11 is 1.16. The van der Waals surface area contributed by atoms with E-state index in [0.717, 1.165) is 34.8 Å². The van der Waals surface area contributed by atoms with Gasteiger partial charge in [-0.2, -0.15) is 0 Å². The Balaban J connectivity index is 1.83. The molecule has 3 rings (SSSR count). The van der Waals surface area contributed by atoms with Crippen LogP contribution in [0.1, 0.15) is 22.8 Å². The minimum Gasteiger partial charge on any atom is -0.494 e. The number of nitrogens with zero attached hydrogens (tertiary/aromatic N) is 3. The van der Waals surface area contributed by atoms with Crippen LogP contribution in [0.3, 0.4) is 0 Å². The topological polar surface area (TPSA) is 138 Å². The summed E-state index contributed by atoms with van der Waals surface area (Å²) in [7, 11) is 0. The summed E-state index contributed by atoms with van der Waals surface area (Å²) in [4.78, 5) is 37.7. The summed E-state index contributed by atoms with van der Waals surface area (Å²) < 4.78 is 5.39. The number of hydrogen-bond acceptors (Lipinski definition) is 8. The number of carbonyl (C=O) groups is 1. The van der Waals surface area contributed by atoms with Crippen LogP contribution in [0.4, 0.5) is 16.5 Å². The highest BCUT2D eigenvalue weighted by Crippen LogP contribution is 2.31. The second-order valence-corrected chi connectivity index (χ2v) is 6.96. The lowest BCUT2D eigenvalue weighted by Gasteiger charge is -2.05. The molecule has 0 atom stereocenters. The van der Waals surface area contributed by atoms with Crippen LogP contribution in [-0.2, 0) is 0 Å². The predicted molar refractivity (Wildman–Crippen MR) is 111 cm³/mol. The molecule has 1 amide bonds. The van der Waals surface area contributed by atoms with E-state index in [9.17, 15) is 25.0 Å². The predicted octanol–water partition coefficient (Wildman–Crippen LogP) is 4.59. The minimum absolute atomic E-state index is 0.117. The minimum atomic E-state index is -0.757. The first-order valence-electron chi connectivity index (χ1n) is 8.73. The molecule has 3 aromatic rings. The summed E-state index contributed by atoms with van der Waals surface area (Å²) in [5.74, 6) is 0.00126. The van der Waals surface area contributed by atoms with Crippen molar-refractivity contribution in [3.8, 4) is 17.0 Å². The first kappa shape index (κ1) is 20.9. The summed E-state index contributed by atoms with van der Waals surface area (Å²) in [5.41, 5.74) is 0.133. The van der Waals surface area contributed by atoms with Gasteiger partial charge in [0.25, 0.3) is 17.3 Å². The average molecular weight is 428 g/mol. The van der Waals surface area contributed by atoms with Gasteiger partial charge in [-0.25, -0.2) is 4.98 Å². The number of aromatic nitrogens is 1. The molecule has 1 N–H and O–H groups in total. The van der Waals surface area contributed by atoms with Crippen molar-refractivity contribution in [3.63, 3.8) is 0 Å². The molecular weight excluding hydrogens is 412 g/mol. The third kappa shape index (κ3) is 4.41. The van der Waals surface area contributed by atoms with Gasteiger partial charge >= 0.3 is 0 Å². The Hall–Kier alpha value is -3.86. The molecule has 1 heterocycles. The number of thiazole rings is 1. The molecule has 1 aromatic heterocycles. The highest BCUT2D eigenvalue weighted by atomic mass is 32.1. The van der Waals surface area contributed by atoms with Gasteiger partial charge in [0.05, 0.1) is 27.7 Å². The first-order chi connectivity index (χ1) is 14.3. The lowest BCUT2D eigenvalue weighted by molar-refractivity contribution is -0.395. The quantitative estimate of drug-likeness (QED) is 0.429. The van der Waals surface area contributed by atoms with Crippen molar-refractivity contribution in [2.24, 2.45) is 0 Å². The van der Waals surface area contributed by atoms with E-state index in [1.165, 1.54) is 6.92 Å². The Bertz CT molecular complexity index is 1090. The van der Waals surface area contributed by atoms with Crippen molar-refractivity contribution in [2.45, 2.75) is 13.8 Å². The van der Waals surface area contributed by atoms with E-state index in [2.05, 4.69) is 10.3 Å². The average Bonchev–Trinajstić information content (AvgIpc) is 3.17. The maximum atomic E-state index is 12.5. The summed E-state index contributed by atoms with van der Waals surface area (Å²) in [6, 6.07) is 9.30. The molecule has 2 aromatic carbocycles. The zero-order chi connectivity index (χ0) is 21.8. The van der Waals surface area contributed by atoms with E-state index < -0.39 is 27.1 Å². The van der Waals surface area contributed by atoms with Gasteiger partial charge in [0.15, 0.2) is 5.13 Å². The third-order valence-electron chi connectivity index (χ3n) is 4.19. The Morgan fingerprint density at radius 2 is 1.73 bits per heavy atom. The Labute approximate surface area is 174 Å². The van der Waals surface area contributed by atoms with Gasteiger partial charge in [-0.05, 0) is 38.1 Å². The maximum Gasteiger partial charge on any atom is 0.279 e. The van der Waals surface area contributed by atoms with Crippen molar-refractivity contribution in [3.05, 3.63) is 73.1 Å². The molecule has 0 unspecified atom stereocenters. The second kappa shape index (κ2) is 8.66. The number of nitro groups is 2. The van der Waals surface area contributed by atoms with Crippen molar-refractivity contribution in [1.82, 2.24) is 4.98 Å². The third-order valence-corrected chi connectivity index (χ3v) is 4.95. The highest BCUT2D eigenvalue weighted by Gasteiger charge is 2.25. The molecular formula is C19H16N4O6S. The number of amides is 1. The van der Waals surface area contributed by atoms with Crippen LogP contribution in [0.15, 0.2) is 41.8 Å². The van der Waals surface area contributed by atoms with Crippen LogP contribution in [-0.4, -0.2) is 27.3 Å². The van der Waals surface area contributed by atoms with Gasteiger partial charge in [0.1, 0.15) is 11.3 Å². The summed E-state index contributed by atoms with van der Waals surface area (Å²) in [6.45, 7) is 3.71. The molecule has 11 heteroatoms. The van der Waals surface area contributed by atoms with Gasteiger partial charge in [-0.3, -0.25) is 30.3 Å². The molecule has 30 heavy (non-hydrogen) atoms. The fourth-order valence-corrected chi connectivity index (χ4v) is 3.43. The summed E-state index contributed by atoms with van der Waals surface area (Å²) in [5, 5.41) is 26.9. The number of rotatable bonds is 7. The standard InChI is InChI=1S/C19H16N4O6S/c1-3-29-14-6-4-12(5-7-14)15-10-30-19(20-15)21-18(24)13-8-16(22(25)26)11(2)17(9-13)23(27)28/h4-10H,3H2,1-2H3,(H,20,21,24). The Kier molecular flexibility index (Phi) is 6.02. The molecule has 0 aliphatic rings. The van der Waals surface area contributed by atoms with Crippen LogP contribution in [0.2, 0.25) is 0 Å². The molecule has 0 spiro atoms. The monoisotopic (exact) mass is 428 g/mol. The molecule has 0 aliphatic carbocycles. The lowest BCUT2D eigenvalue weighted by atomic mass is 10.1. The molecule has 0 bridgehead atoms. The fourth-order valence-electron chi connectivity index (χ4n) is 2.72. The zero-order valence-electron chi connectivity index (χ0n) is 15.9. The first-order valence-corrected chi connectivity index (χ1v) is 9.61. The number of benzene rings is 2. The molecule has 10 nitrogen and oxygen atoms in total. The second-order valence-electron chi connectivity index (χ2n) is 6.10. The largest absolute Gasteiger partial charge is 0.494 e. The number of ether oxygens (including phenoxy) is 1. The van der Waals surface area contributed by atoms with E-state index in [-0.39, 0.29) is 16.3 Å². The normalized spacial score (nSPS) is 10.5. The van der Waals surface area contributed by atoms with Crippen LogP contribution in [0, 0.1) is 27.2 Å². The van der Waals surface area contributed by atoms with Gasteiger partial charge < -0.3 is 4.74 Å². The van der Waals surface area contributed by atoms with Crippen LogP contribution in [0.5, 0.6) is 5.75 Å². The van der Waals surface area contributed by atoms with E-state index in [1.54, 1.807) is 17.5 Å². The van der Waals surface area contributed by atoms with E-state index in [0.29, 0.717) is 12.3 Å². The van der Waals surface area contributed by atoms with Gasteiger partial charge in [0, 0.05) is 23.1 Å². The number of nitro benzene ring substituents is 2. The molecule has 0 aliphatic heterocycles. The maximum absolute atomic E-state index is 12.5. The van der Waals surface area contributed by atoms with Crippen LogP contribution < -0.4 is 10.1 Å². The number of nitrogens with one attached hydrogen (secondary N) is 1. The van der Waals surface area contributed by atoms with Crippen molar-refractivity contribution < 1.29 is 19.4 Å². The van der Waals surface area contributed by atoms with Crippen molar-refractivity contribution >= 4 is 33.8 Å². The lowest BCUT2D eigenvalue weighted by Crippen LogP contribution is -2.13. The number of hydrogen-bond donors (Lipinski definition) is 1. The fraction of sp³-hybridized carbons (Fsp3) is 0.158.